The molecule has 106 valence electrons. The van der Waals surface area contributed by atoms with E-state index in [0.717, 1.165) is 27.8 Å². The van der Waals surface area contributed by atoms with Crippen LogP contribution in [0.15, 0.2) is 22.7 Å². The van der Waals surface area contributed by atoms with E-state index in [1.54, 1.807) is 0 Å². The van der Waals surface area contributed by atoms with Crippen LogP contribution in [0, 0.1) is 0 Å². The van der Waals surface area contributed by atoms with Crippen LogP contribution < -0.4 is 5.73 Å². The average Bonchev–Trinajstić information content (AvgIpc) is 2.42. The zero-order valence-corrected chi connectivity index (χ0v) is 14.3. The molecule has 19 heavy (non-hydrogen) atoms. The lowest BCUT2D eigenvalue weighted by atomic mass is 10.0. The molecular formula is C14H20BrClN2S. The summed E-state index contributed by atoms with van der Waals surface area (Å²) in [5, 5.41) is 1.49. The summed E-state index contributed by atoms with van der Waals surface area (Å²) in [6.07, 6.45) is 1.22. The summed E-state index contributed by atoms with van der Waals surface area (Å²) < 4.78 is 1.06. The Hall–Kier alpha value is 0.260. The van der Waals surface area contributed by atoms with Crippen LogP contribution in [0.4, 0.5) is 0 Å². The molecule has 2 unspecified atom stereocenters. The van der Waals surface area contributed by atoms with E-state index in [1.807, 2.05) is 12.1 Å². The number of hydrogen-bond donors (Lipinski definition) is 1. The van der Waals surface area contributed by atoms with E-state index < -0.39 is 0 Å². The van der Waals surface area contributed by atoms with E-state index in [9.17, 15) is 0 Å². The molecule has 0 saturated carbocycles. The number of nitrogens with two attached hydrogens (primary N) is 1. The predicted octanol–water partition coefficient (Wildman–Crippen LogP) is 3.93. The molecule has 1 aliphatic heterocycles. The van der Waals surface area contributed by atoms with Gasteiger partial charge in [0, 0.05) is 46.2 Å². The number of rotatable bonds is 4. The smallest absolute Gasteiger partial charge is 0.0482 e. The first-order valence-electron chi connectivity index (χ1n) is 6.66. The molecule has 0 bridgehead atoms. The fourth-order valence-electron chi connectivity index (χ4n) is 2.52. The first-order valence-corrected chi connectivity index (χ1v) is 8.88. The van der Waals surface area contributed by atoms with Gasteiger partial charge in [-0.3, -0.25) is 4.90 Å². The van der Waals surface area contributed by atoms with E-state index in [0.29, 0.717) is 6.54 Å². The maximum atomic E-state index is 6.03. The zero-order valence-electron chi connectivity index (χ0n) is 11.1. The minimum atomic E-state index is 0.279. The first kappa shape index (κ1) is 15.6. The molecule has 1 fully saturated rings. The summed E-state index contributed by atoms with van der Waals surface area (Å²) in [5.41, 5.74) is 7.27. The fraction of sp³-hybridized carbons (Fsp3) is 0.571. The molecule has 2 atom stereocenters. The van der Waals surface area contributed by atoms with Crippen LogP contribution in [0.5, 0.6) is 0 Å². The van der Waals surface area contributed by atoms with Gasteiger partial charge < -0.3 is 5.73 Å². The third-order valence-corrected chi connectivity index (χ3v) is 5.91. The maximum Gasteiger partial charge on any atom is 0.0482 e. The largest absolute Gasteiger partial charge is 0.329 e. The monoisotopic (exact) mass is 362 g/mol. The van der Waals surface area contributed by atoms with Crippen molar-refractivity contribution < 1.29 is 0 Å². The van der Waals surface area contributed by atoms with Crippen LogP contribution in [0.25, 0.3) is 0 Å². The second-order valence-electron chi connectivity index (χ2n) is 4.81. The summed E-state index contributed by atoms with van der Waals surface area (Å²) in [7, 11) is 0. The first-order chi connectivity index (χ1) is 9.15. The van der Waals surface area contributed by atoms with Gasteiger partial charge in [0.05, 0.1) is 0 Å². The van der Waals surface area contributed by atoms with Crippen LogP contribution in [0.1, 0.15) is 24.9 Å². The highest BCUT2D eigenvalue weighted by molar-refractivity contribution is 9.10. The van der Waals surface area contributed by atoms with Crippen molar-refractivity contribution in [2.24, 2.45) is 5.73 Å². The zero-order chi connectivity index (χ0) is 13.8. The van der Waals surface area contributed by atoms with Crippen LogP contribution in [-0.4, -0.2) is 35.5 Å². The highest BCUT2D eigenvalue weighted by Gasteiger charge is 2.26. The van der Waals surface area contributed by atoms with Gasteiger partial charge in [-0.15, -0.1) is 0 Å². The Morgan fingerprint density at radius 1 is 1.58 bits per heavy atom. The molecule has 0 spiro atoms. The maximum absolute atomic E-state index is 6.03. The van der Waals surface area contributed by atoms with Gasteiger partial charge in [-0.25, -0.2) is 0 Å². The molecule has 2 rings (SSSR count). The number of halogens is 2. The minimum Gasteiger partial charge on any atom is -0.329 e. The molecule has 2 nitrogen and oxygen atoms in total. The van der Waals surface area contributed by atoms with Gasteiger partial charge in [-0.1, -0.05) is 40.5 Å². The number of benzene rings is 1. The van der Waals surface area contributed by atoms with Crippen molar-refractivity contribution in [3.8, 4) is 0 Å². The normalized spacial score (nSPS) is 22.4. The van der Waals surface area contributed by atoms with Crippen LogP contribution in [0.3, 0.4) is 0 Å². The highest BCUT2D eigenvalue weighted by atomic mass is 79.9. The molecule has 2 N–H and O–H groups in total. The van der Waals surface area contributed by atoms with E-state index >= 15 is 0 Å². The van der Waals surface area contributed by atoms with Crippen LogP contribution >= 0.6 is 39.3 Å². The summed E-state index contributed by atoms with van der Waals surface area (Å²) in [4.78, 5) is 2.51. The molecule has 5 heteroatoms. The van der Waals surface area contributed by atoms with Crippen molar-refractivity contribution in [1.29, 1.82) is 0 Å². The van der Waals surface area contributed by atoms with Crippen molar-refractivity contribution >= 4 is 39.3 Å². The Kier molecular flexibility index (Phi) is 6.03. The molecule has 0 aromatic heterocycles. The standard InChI is InChI=1S/C14H20BrClN2S/c1-2-11-9-18(5-6-19-11)14(8-17)12-4-3-10(16)7-13(12)15/h3-4,7,11,14H,2,5-6,8-9,17H2,1H3. The topological polar surface area (TPSA) is 29.3 Å². The lowest BCUT2D eigenvalue weighted by molar-refractivity contribution is 0.207. The molecule has 1 heterocycles. The van der Waals surface area contributed by atoms with Crippen molar-refractivity contribution in [2.45, 2.75) is 24.6 Å². The molecule has 1 aliphatic rings. The van der Waals surface area contributed by atoms with Gasteiger partial charge in [0.2, 0.25) is 0 Å². The molecule has 1 aromatic carbocycles. The fourth-order valence-corrected chi connectivity index (χ4v) is 4.67. The lowest BCUT2D eigenvalue weighted by Gasteiger charge is -2.38. The molecule has 0 radical (unpaired) electrons. The van der Waals surface area contributed by atoms with Gasteiger partial charge in [-0.2, -0.15) is 11.8 Å². The van der Waals surface area contributed by atoms with Gasteiger partial charge in [0.15, 0.2) is 0 Å². The Morgan fingerprint density at radius 3 is 3.00 bits per heavy atom. The summed E-state index contributed by atoms with van der Waals surface area (Å²) in [6.45, 7) is 5.13. The molecule has 1 saturated heterocycles. The summed E-state index contributed by atoms with van der Waals surface area (Å²) in [6, 6.07) is 6.27. The third kappa shape index (κ3) is 3.88. The Labute approximate surface area is 133 Å². The van der Waals surface area contributed by atoms with Gasteiger partial charge in [0.25, 0.3) is 0 Å². The van der Waals surface area contributed by atoms with Crippen LogP contribution in [0.2, 0.25) is 5.02 Å². The number of nitrogens with zero attached hydrogens (tertiary/aromatic N) is 1. The molecule has 1 aromatic rings. The third-order valence-electron chi connectivity index (χ3n) is 3.61. The van der Waals surface area contributed by atoms with E-state index in [2.05, 4.69) is 45.6 Å². The average molecular weight is 364 g/mol. The number of hydrogen-bond acceptors (Lipinski definition) is 3. The Morgan fingerprint density at radius 2 is 2.37 bits per heavy atom. The van der Waals surface area contributed by atoms with Crippen LogP contribution in [-0.2, 0) is 0 Å². The SMILES string of the molecule is CCC1CN(C(CN)c2ccc(Cl)cc2Br)CCS1. The van der Waals surface area contributed by atoms with Crippen molar-refractivity contribution in [3.05, 3.63) is 33.3 Å². The van der Waals surface area contributed by atoms with Gasteiger partial charge in [-0.05, 0) is 24.1 Å². The van der Waals surface area contributed by atoms with E-state index in [4.69, 9.17) is 17.3 Å². The number of thioether (sulfide) groups is 1. The van der Waals surface area contributed by atoms with Crippen molar-refractivity contribution in [3.63, 3.8) is 0 Å². The second kappa shape index (κ2) is 7.32. The van der Waals surface area contributed by atoms with Crippen molar-refractivity contribution in [2.75, 3.05) is 25.4 Å². The Bertz CT molecular complexity index is 430. The van der Waals surface area contributed by atoms with E-state index in [-0.39, 0.29) is 6.04 Å². The van der Waals surface area contributed by atoms with E-state index in [1.165, 1.54) is 17.7 Å². The molecule has 0 amide bonds. The Balaban J connectivity index is 2.19. The lowest BCUT2D eigenvalue weighted by Crippen LogP contribution is -2.42. The quantitative estimate of drug-likeness (QED) is 0.879. The van der Waals surface area contributed by atoms with Gasteiger partial charge >= 0.3 is 0 Å². The highest BCUT2D eigenvalue weighted by Crippen LogP contribution is 2.33. The molecule has 0 aliphatic carbocycles. The predicted molar refractivity (Wildman–Crippen MR) is 89.1 cm³/mol. The molecular weight excluding hydrogens is 344 g/mol. The van der Waals surface area contributed by atoms with Gasteiger partial charge in [0.1, 0.15) is 0 Å². The van der Waals surface area contributed by atoms with Crippen molar-refractivity contribution in [1.82, 2.24) is 4.90 Å². The summed E-state index contributed by atoms with van der Waals surface area (Å²) >= 11 is 11.7. The second-order valence-corrected chi connectivity index (χ2v) is 7.51. The minimum absolute atomic E-state index is 0.279. The summed E-state index contributed by atoms with van der Waals surface area (Å²) in [5.74, 6) is 1.19.